The van der Waals surface area contributed by atoms with Gasteiger partial charge in [-0.3, -0.25) is 9.59 Å². The number of aryl methyl sites for hydroxylation is 1. The highest BCUT2D eigenvalue weighted by atomic mass is 16.5. The number of hydrogen-bond donors (Lipinski definition) is 1. The van der Waals surface area contributed by atoms with Gasteiger partial charge in [0.2, 0.25) is 17.7 Å². The van der Waals surface area contributed by atoms with E-state index in [1.807, 2.05) is 42.2 Å². The molecular weight excluding hydrogens is 344 g/mol. The Morgan fingerprint density at radius 3 is 2.56 bits per heavy atom. The van der Waals surface area contributed by atoms with Crippen molar-refractivity contribution in [2.45, 2.75) is 45.6 Å². The lowest BCUT2D eigenvalue weighted by atomic mass is 9.91. The number of hydrogen-bond acceptors (Lipinski definition) is 5. The summed E-state index contributed by atoms with van der Waals surface area (Å²) >= 11 is 0. The lowest BCUT2D eigenvalue weighted by Crippen LogP contribution is -2.44. The zero-order valence-electron chi connectivity index (χ0n) is 15.9. The molecule has 1 aliphatic heterocycles. The molecule has 1 aromatic carbocycles. The topological polar surface area (TPSA) is 88.3 Å². The quantitative estimate of drug-likeness (QED) is 0.844. The Labute approximate surface area is 159 Å². The van der Waals surface area contributed by atoms with Gasteiger partial charge in [-0.1, -0.05) is 42.4 Å². The van der Waals surface area contributed by atoms with Crippen LogP contribution in [0.15, 0.2) is 34.9 Å². The van der Waals surface area contributed by atoms with Gasteiger partial charge >= 0.3 is 0 Å². The van der Waals surface area contributed by atoms with Gasteiger partial charge in [-0.2, -0.15) is 4.98 Å². The standard InChI is InChI=1S/C20H26N4O3/c1-3-17(15-7-5-4-6-8-15)20(26)24-11-9-16(10-12-24)19(25)21-13-18-22-14(2)23-27-18/h4-8,16-17H,3,9-13H2,1-2H3,(H,21,25). The van der Waals surface area contributed by atoms with Gasteiger partial charge in [-0.05, 0) is 31.7 Å². The number of nitrogens with one attached hydrogen (secondary N) is 1. The summed E-state index contributed by atoms with van der Waals surface area (Å²) in [5.74, 6) is 0.890. The summed E-state index contributed by atoms with van der Waals surface area (Å²) in [5.41, 5.74) is 1.06. The molecule has 1 fully saturated rings. The normalized spacial score (nSPS) is 16.1. The molecule has 0 aliphatic carbocycles. The molecule has 2 aromatic rings. The molecule has 144 valence electrons. The maximum absolute atomic E-state index is 12.9. The van der Waals surface area contributed by atoms with Crippen LogP contribution < -0.4 is 5.32 Å². The molecule has 0 saturated carbocycles. The molecule has 1 N–H and O–H groups in total. The average Bonchev–Trinajstić information content (AvgIpc) is 3.13. The van der Waals surface area contributed by atoms with E-state index in [9.17, 15) is 9.59 Å². The Kier molecular flexibility index (Phi) is 6.21. The molecule has 0 radical (unpaired) electrons. The minimum absolute atomic E-state index is 0.0203. The summed E-state index contributed by atoms with van der Waals surface area (Å²) in [6.07, 6.45) is 2.12. The van der Waals surface area contributed by atoms with E-state index in [2.05, 4.69) is 15.5 Å². The monoisotopic (exact) mass is 370 g/mol. The molecule has 2 amide bonds. The smallest absolute Gasteiger partial charge is 0.246 e. The molecule has 0 bridgehead atoms. The Morgan fingerprint density at radius 1 is 1.26 bits per heavy atom. The number of aromatic nitrogens is 2. The molecular formula is C20H26N4O3. The Balaban J connectivity index is 1.50. The molecule has 7 heteroatoms. The van der Waals surface area contributed by atoms with Gasteiger partial charge < -0.3 is 14.7 Å². The first-order valence-corrected chi connectivity index (χ1v) is 9.49. The van der Waals surface area contributed by atoms with Gasteiger partial charge in [0.1, 0.15) is 0 Å². The summed E-state index contributed by atoms with van der Waals surface area (Å²) in [6, 6.07) is 9.90. The van der Waals surface area contributed by atoms with Crippen molar-refractivity contribution in [1.82, 2.24) is 20.4 Å². The Hall–Kier alpha value is -2.70. The van der Waals surface area contributed by atoms with Crippen LogP contribution in [-0.2, 0) is 16.1 Å². The van der Waals surface area contributed by atoms with Crippen LogP contribution >= 0.6 is 0 Å². The molecule has 3 rings (SSSR count). The molecule has 1 aromatic heterocycles. The van der Waals surface area contributed by atoms with Gasteiger partial charge in [-0.15, -0.1) is 0 Å². The van der Waals surface area contributed by atoms with Gasteiger partial charge in [0.25, 0.3) is 0 Å². The lowest BCUT2D eigenvalue weighted by Gasteiger charge is -2.33. The Bertz CT molecular complexity index is 767. The van der Waals surface area contributed by atoms with Gasteiger partial charge in [0.15, 0.2) is 5.82 Å². The molecule has 27 heavy (non-hydrogen) atoms. The highest BCUT2D eigenvalue weighted by Gasteiger charge is 2.30. The van der Waals surface area contributed by atoms with Crippen molar-refractivity contribution in [2.24, 2.45) is 5.92 Å². The first kappa shape index (κ1) is 19.1. The molecule has 7 nitrogen and oxygen atoms in total. The van der Waals surface area contributed by atoms with Crippen molar-refractivity contribution in [2.75, 3.05) is 13.1 Å². The van der Waals surface area contributed by atoms with Crippen LogP contribution in [0.2, 0.25) is 0 Å². The highest BCUT2D eigenvalue weighted by molar-refractivity contribution is 5.84. The third kappa shape index (κ3) is 4.72. The second-order valence-corrected chi connectivity index (χ2v) is 6.92. The second kappa shape index (κ2) is 8.79. The number of likely N-dealkylation sites (tertiary alicyclic amines) is 1. The lowest BCUT2D eigenvalue weighted by molar-refractivity contribution is -0.137. The summed E-state index contributed by atoms with van der Waals surface area (Å²) in [7, 11) is 0. The zero-order chi connectivity index (χ0) is 19.2. The number of benzene rings is 1. The summed E-state index contributed by atoms with van der Waals surface area (Å²) in [5, 5.41) is 6.55. The molecule has 1 aliphatic rings. The number of amides is 2. The van der Waals surface area contributed by atoms with E-state index < -0.39 is 0 Å². The SMILES string of the molecule is CCC(C(=O)N1CCC(C(=O)NCc2nc(C)no2)CC1)c1ccccc1. The largest absolute Gasteiger partial charge is 0.347 e. The van der Waals surface area contributed by atoms with Crippen LogP contribution in [0.5, 0.6) is 0 Å². The van der Waals surface area contributed by atoms with Crippen LogP contribution in [0.1, 0.15) is 49.4 Å². The maximum Gasteiger partial charge on any atom is 0.246 e. The molecule has 2 heterocycles. The molecule has 1 atom stereocenters. The summed E-state index contributed by atoms with van der Waals surface area (Å²) < 4.78 is 5.00. The van der Waals surface area contributed by atoms with Crippen molar-refractivity contribution in [3.63, 3.8) is 0 Å². The van der Waals surface area contributed by atoms with Crippen LogP contribution in [0.3, 0.4) is 0 Å². The van der Waals surface area contributed by atoms with Crippen LogP contribution in [0.4, 0.5) is 0 Å². The fourth-order valence-corrected chi connectivity index (χ4v) is 3.54. The summed E-state index contributed by atoms with van der Waals surface area (Å²) in [4.78, 5) is 31.2. The second-order valence-electron chi connectivity index (χ2n) is 6.92. The van der Waals surface area contributed by atoms with Crippen LogP contribution in [0, 0.1) is 12.8 Å². The number of piperidine rings is 1. The molecule has 0 spiro atoms. The van der Waals surface area contributed by atoms with E-state index in [0.29, 0.717) is 37.6 Å². The third-order valence-corrected chi connectivity index (χ3v) is 5.07. The van der Waals surface area contributed by atoms with Gasteiger partial charge in [0, 0.05) is 19.0 Å². The number of rotatable bonds is 6. The number of nitrogens with zero attached hydrogens (tertiary/aromatic N) is 3. The minimum Gasteiger partial charge on any atom is -0.347 e. The van der Waals surface area contributed by atoms with Gasteiger partial charge in [0.05, 0.1) is 12.5 Å². The van der Waals surface area contributed by atoms with Crippen molar-refractivity contribution < 1.29 is 14.1 Å². The molecule has 1 saturated heterocycles. The van der Waals surface area contributed by atoms with Crippen LogP contribution in [0.25, 0.3) is 0 Å². The van der Waals surface area contributed by atoms with Crippen molar-refractivity contribution >= 4 is 11.8 Å². The third-order valence-electron chi connectivity index (χ3n) is 5.07. The zero-order valence-corrected chi connectivity index (χ0v) is 15.9. The average molecular weight is 370 g/mol. The van der Waals surface area contributed by atoms with E-state index in [1.54, 1.807) is 6.92 Å². The summed E-state index contributed by atoms with van der Waals surface area (Å²) in [6.45, 7) is 5.24. The van der Waals surface area contributed by atoms with E-state index >= 15 is 0 Å². The van der Waals surface area contributed by atoms with Gasteiger partial charge in [-0.25, -0.2) is 0 Å². The maximum atomic E-state index is 12.9. The van der Waals surface area contributed by atoms with Crippen LogP contribution in [-0.4, -0.2) is 39.9 Å². The van der Waals surface area contributed by atoms with Crippen molar-refractivity contribution in [3.05, 3.63) is 47.6 Å². The van der Waals surface area contributed by atoms with E-state index in [-0.39, 0.29) is 30.2 Å². The fraction of sp³-hybridized carbons (Fsp3) is 0.500. The van der Waals surface area contributed by atoms with E-state index in [4.69, 9.17) is 4.52 Å². The van der Waals surface area contributed by atoms with E-state index in [0.717, 1.165) is 12.0 Å². The minimum atomic E-state index is -0.114. The predicted octanol–water partition coefficient (Wildman–Crippen LogP) is 2.43. The van der Waals surface area contributed by atoms with Crippen molar-refractivity contribution in [3.8, 4) is 0 Å². The van der Waals surface area contributed by atoms with E-state index in [1.165, 1.54) is 0 Å². The molecule has 1 unspecified atom stereocenters. The predicted molar refractivity (Wildman–Crippen MR) is 99.7 cm³/mol. The highest BCUT2D eigenvalue weighted by Crippen LogP contribution is 2.25. The number of carbonyl (C=O) groups is 2. The van der Waals surface area contributed by atoms with Crippen molar-refractivity contribution in [1.29, 1.82) is 0 Å². The first-order chi connectivity index (χ1) is 13.1. The fourth-order valence-electron chi connectivity index (χ4n) is 3.54. The Morgan fingerprint density at radius 2 is 1.96 bits per heavy atom. The number of carbonyl (C=O) groups excluding carboxylic acids is 2. The first-order valence-electron chi connectivity index (χ1n) is 9.49.